The minimum atomic E-state index is -0.386. The summed E-state index contributed by atoms with van der Waals surface area (Å²) in [4.78, 5) is 40.4. The second kappa shape index (κ2) is 15.8. The number of H-pyrrole nitrogens is 1. The standard InChI is InChI=1S/C46H46ClN7O5/c1-45(2)42(46(3,4)43(45)59-33-11-10-29(23-48)37(47)22-33)52-40(55)30-24-50-44(51-25-30)54-20-17-28(18-21-54)27-57-31-12-14-32(15-13-31)58-38-9-7-6-8-34(38)36-26-53(5)41(56)39-35(36)16-19-49-39/h6-16,19,22,24-26,28,42-43,49H,17-18,20-21,27H2,1-5H3,(H,52,55). The number of ether oxygens (including phenoxy) is 3. The molecule has 1 amide bonds. The Hall–Kier alpha value is -6.32. The topological polar surface area (TPSA) is 147 Å². The number of hydrogen-bond acceptors (Lipinski definition) is 9. The van der Waals surface area contributed by atoms with Gasteiger partial charge in [0.1, 0.15) is 40.7 Å². The van der Waals surface area contributed by atoms with Gasteiger partial charge in [-0.1, -0.05) is 57.5 Å². The summed E-state index contributed by atoms with van der Waals surface area (Å²) in [5, 5.41) is 13.6. The third-order valence-electron chi connectivity index (χ3n) is 11.8. The van der Waals surface area contributed by atoms with Crippen LogP contribution in [0.5, 0.6) is 23.0 Å². The Balaban J connectivity index is 0.812. The van der Waals surface area contributed by atoms with E-state index >= 15 is 0 Å². The molecule has 0 unspecified atom stereocenters. The molecule has 3 aromatic carbocycles. The molecule has 13 heteroatoms. The Morgan fingerprint density at radius 1 is 0.949 bits per heavy atom. The van der Waals surface area contributed by atoms with Gasteiger partial charge in [-0.25, -0.2) is 9.97 Å². The fourth-order valence-electron chi connectivity index (χ4n) is 8.92. The number of pyridine rings is 1. The van der Waals surface area contributed by atoms with Crippen LogP contribution in [0.4, 0.5) is 5.95 Å². The first-order chi connectivity index (χ1) is 28.3. The lowest BCUT2D eigenvalue weighted by Crippen LogP contribution is -2.74. The molecule has 2 aliphatic rings. The van der Waals surface area contributed by atoms with Crippen LogP contribution in [0, 0.1) is 28.1 Å². The second-order valence-electron chi connectivity index (χ2n) is 16.6. The Kier molecular flexibility index (Phi) is 10.6. The molecule has 0 spiro atoms. The van der Waals surface area contributed by atoms with Gasteiger partial charge in [0.2, 0.25) is 5.95 Å². The molecule has 8 rings (SSSR count). The van der Waals surface area contributed by atoms with E-state index in [1.54, 1.807) is 48.4 Å². The summed E-state index contributed by atoms with van der Waals surface area (Å²) in [5.41, 5.74) is 2.30. The van der Waals surface area contributed by atoms with Crippen molar-refractivity contribution in [2.75, 3.05) is 24.6 Å². The zero-order valence-electron chi connectivity index (χ0n) is 33.7. The summed E-state index contributed by atoms with van der Waals surface area (Å²) in [5.74, 6) is 3.46. The number of aromatic amines is 1. The lowest BCUT2D eigenvalue weighted by molar-refractivity contribution is -0.164. The maximum Gasteiger partial charge on any atom is 0.274 e. The van der Waals surface area contributed by atoms with E-state index in [-0.39, 0.29) is 34.4 Å². The zero-order valence-corrected chi connectivity index (χ0v) is 34.4. The molecule has 2 N–H and O–H groups in total. The number of piperidine rings is 1. The molecule has 1 saturated heterocycles. The highest BCUT2D eigenvalue weighted by atomic mass is 35.5. The van der Waals surface area contributed by atoms with Gasteiger partial charge >= 0.3 is 0 Å². The van der Waals surface area contributed by atoms with E-state index in [0.29, 0.717) is 57.4 Å². The smallest absolute Gasteiger partial charge is 0.274 e. The molecule has 0 radical (unpaired) electrons. The molecule has 6 aromatic rings. The highest BCUT2D eigenvalue weighted by Gasteiger charge is 2.64. The summed E-state index contributed by atoms with van der Waals surface area (Å²) in [6.07, 6.45) is 8.45. The first kappa shape index (κ1) is 39.5. The van der Waals surface area contributed by atoms with Crippen molar-refractivity contribution in [1.82, 2.24) is 24.8 Å². The molecule has 0 bridgehead atoms. The molecule has 59 heavy (non-hydrogen) atoms. The van der Waals surface area contributed by atoms with Gasteiger partial charge in [0, 0.05) is 84.4 Å². The predicted molar refractivity (Wildman–Crippen MR) is 227 cm³/mol. The first-order valence-corrected chi connectivity index (χ1v) is 20.1. The summed E-state index contributed by atoms with van der Waals surface area (Å²) >= 11 is 6.24. The number of anilines is 1. The van der Waals surface area contributed by atoms with Gasteiger partial charge in [-0.2, -0.15) is 5.26 Å². The van der Waals surface area contributed by atoms with Gasteiger partial charge in [-0.3, -0.25) is 9.59 Å². The van der Waals surface area contributed by atoms with Crippen LogP contribution in [-0.2, 0) is 7.05 Å². The molecule has 0 atom stereocenters. The lowest BCUT2D eigenvalue weighted by atomic mass is 9.49. The van der Waals surface area contributed by atoms with E-state index < -0.39 is 0 Å². The number of nitriles is 1. The Morgan fingerprint density at radius 3 is 2.32 bits per heavy atom. The van der Waals surface area contributed by atoms with Gasteiger partial charge in [0.05, 0.1) is 22.8 Å². The minimum Gasteiger partial charge on any atom is -0.493 e. The minimum absolute atomic E-state index is 0.0784. The lowest BCUT2D eigenvalue weighted by Gasteiger charge is -2.63. The van der Waals surface area contributed by atoms with Crippen LogP contribution in [0.3, 0.4) is 0 Å². The second-order valence-corrected chi connectivity index (χ2v) is 17.0. The quantitative estimate of drug-likeness (QED) is 0.131. The van der Waals surface area contributed by atoms with E-state index in [1.807, 2.05) is 60.8 Å². The average molecular weight is 812 g/mol. The number of nitrogens with zero attached hydrogens (tertiary/aromatic N) is 5. The van der Waals surface area contributed by atoms with Crippen LogP contribution in [0.1, 0.15) is 56.5 Å². The molecule has 2 fully saturated rings. The number of hydrogen-bond donors (Lipinski definition) is 2. The highest BCUT2D eigenvalue weighted by molar-refractivity contribution is 6.31. The fourth-order valence-corrected chi connectivity index (χ4v) is 9.13. The Bertz CT molecular complexity index is 2590. The number of carbonyl (C=O) groups is 1. The van der Waals surface area contributed by atoms with Crippen LogP contribution in [-0.4, -0.2) is 57.3 Å². The maximum atomic E-state index is 13.4. The molecule has 12 nitrogen and oxygen atoms in total. The molecule has 1 aliphatic heterocycles. The number of rotatable bonds is 11. The molecule has 3 aromatic heterocycles. The van der Waals surface area contributed by atoms with Crippen molar-refractivity contribution < 1.29 is 19.0 Å². The number of benzene rings is 3. The number of para-hydroxylation sites is 1. The van der Waals surface area contributed by atoms with Crippen LogP contribution in [0.25, 0.3) is 22.0 Å². The third-order valence-corrected chi connectivity index (χ3v) is 12.1. The SMILES string of the molecule is Cn1cc(-c2ccccc2Oc2ccc(OCC3CCN(c4ncc(C(=O)NC5C(C)(C)C(Oc6ccc(C#N)c(Cl)c6)C5(C)C)cn4)CC3)cc2)c2cc[nH]c2c1=O. The monoisotopic (exact) mass is 811 g/mol. The summed E-state index contributed by atoms with van der Waals surface area (Å²) in [6, 6.07) is 24.3. The van der Waals surface area contributed by atoms with Crippen molar-refractivity contribution in [3.8, 4) is 40.2 Å². The van der Waals surface area contributed by atoms with E-state index in [0.717, 1.165) is 48.2 Å². The van der Waals surface area contributed by atoms with Crippen molar-refractivity contribution in [1.29, 1.82) is 5.26 Å². The van der Waals surface area contributed by atoms with Gasteiger partial charge in [0.25, 0.3) is 11.5 Å². The summed E-state index contributed by atoms with van der Waals surface area (Å²) in [6.45, 7) is 10.4. The van der Waals surface area contributed by atoms with E-state index in [9.17, 15) is 14.9 Å². The van der Waals surface area contributed by atoms with Crippen molar-refractivity contribution in [3.05, 3.63) is 124 Å². The van der Waals surface area contributed by atoms with Crippen LogP contribution >= 0.6 is 11.6 Å². The number of halogens is 1. The molecular weight excluding hydrogens is 766 g/mol. The molecule has 302 valence electrons. The summed E-state index contributed by atoms with van der Waals surface area (Å²) in [7, 11) is 1.75. The number of carbonyl (C=O) groups excluding carboxylic acids is 1. The number of amides is 1. The zero-order chi connectivity index (χ0) is 41.5. The molecule has 1 saturated carbocycles. The van der Waals surface area contributed by atoms with E-state index in [1.165, 1.54) is 0 Å². The Labute approximate surface area is 347 Å². The maximum absolute atomic E-state index is 13.4. The molecular formula is C46H46ClN7O5. The van der Waals surface area contributed by atoms with Crippen LogP contribution in [0.15, 0.2) is 102 Å². The van der Waals surface area contributed by atoms with Gasteiger partial charge < -0.3 is 34.0 Å². The van der Waals surface area contributed by atoms with Gasteiger partial charge in [0.15, 0.2) is 0 Å². The average Bonchev–Trinajstić information content (AvgIpc) is 3.74. The van der Waals surface area contributed by atoms with Crippen molar-refractivity contribution in [3.63, 3.8) is 0 Å². The van der Waals surface area contributed by atoms with E-state index in [2.05, 4.69) is 58.9 Å². The number of aryl methyl sites for hydroxylation is 1. The van der Waals surface area contributed by atoms with Crippen molar-refractivity contribution in [2.24, 2.45) is 23.8 Å². The molecule has 4 heterocycles. The molecule has 1 aliphatic carbocycles. The third kappa shape index (κ3) is 7.70. The van der Waals surface area contributed by atoms with Crippen molar-refractivity contribution in [2.45, 2.75) is 52.7 Å². The van der Waals surface area contributed by atoms with Crippen LogP contribution < -0.4 is 30.0 Å². The largest absolute Gasteiger partial charge is 0.493 e. The first-order valence-electron chi connectivity index (χ1n) is 19.7. The van der Waals surface area contributed by atoms with Crippen molar-refractivity contribution >= 4 is 34.4 Å². The van der Waals surface area contributed by atoms with Crippen LogP contribution in [0.2, 0.25) is 5.02 Å². The number of fused-ring (bicyclic) bond motifs is 1. The van der Waals surface area contributed by atoms with E-state index in [4.69, 9.17) is 25.8 Å². The number of nitrogens with one attached hydrogen (secondary N) is 2. The Morgan fingerprint density at radius 2 is 1.63 bits per heavy atom. The van der Waals surface area contributed by atoms with Gasteiger partial charge in [-0.15, -0.1) is 0 Å². The normalized spacial score (nSPS) is 18.4. The highest BCUT2D eigenvalue weighted by Crippen LogP contribution is 2.55. The van der Waals surface area contributed by atoms with Gasteiger partial charge in [-0.05, 0) is 67.3 Å². The predicted octanol–water partition coefficient (Wildman–Crippen LogP) is 8.55. The number of aromatic nitrogens is 4. The summed E-state index contributed by atoms with van der Waals surface area (Å²) < 4.78 is 20.5. The fraction of sp³-hybridized carbons (Fsp3) is 0.326.